The first kappa shape index (κ1) is 26.9. The molecule has 5 N–H and O–H groups in total. The first-order chi connectivity index (χ1) is 15.5. The molecule has 0 aliphatic rings. The first-order valence-electron chi connectivity index (χ1n) is 10.6. The normalized spacial score (nSPS) is 13.5. The van der Waals surface area contributed by atoms with Gasteiger partial charge in [0.05, 0.1) is 5.03 Å². The second-order valence-electron chi connectivity index (χ2n) is 7.64. The number of hydrogen-bond donors (Lipinski definition) is 5. The van der Waals surface area contributed by atoms with Crippen LogP contribution in [-0.2, 0) is 18.9 Å². The van der Waals surface area contributed by atoms with Crippen molar-refractivity contribution in [2.24, 2.45) is 0 Å². The standard InChI is InChI=1S/C21H29N2O8PS/c1-2-18(24)22-16(20(25)26)13-33-19-15-9-6-5-8-14(15)12-23(19)17(21(27)28)10-4-3-7-11-32(29,30)31/h5-6,8-9,12,16-17H,2-4,7,10-11,13H2,1H3,(H,22,24)(H,25,26)(H,27,28)(H2,29,30,31)/t16-,17?/m0/s1. The van der Waals surface area contributed by atoms with Crippen LogP contribution in [0, 0.1) is 0 Å². The van der Waals surface area contributed by atoms with E-state index >= 15 is 0 Å². The lowest BCUT2D eigenvalue weighted by Crippen LogP contribution is -2.42. The Morgan fingerprint density at radius 1 is 1.09 bits per heavy atom. The van der Waals surface area contributed by atoms with Crippen molar-refractivity contribution in [3.05, 3.63) is 30.5 Å². The van der Waals surface area contributed by atoms with E-state index in [0.29, 0.717) is 24.3 Å². The van der Waals surface area contributed by atoms with Crippen LogP contribution in [0.5, 0.6) is 0 Å². The summed E-state index contributed by atoms with van der Waals surface area (Å²) in [5.41, 5.74) is 0. The van der Waals surface area contributed by atoms with Crippen molar-refractivity contribution < 1.29 is 38.9 Å². The summed E-state index contributed by atoms with van der Waals surface area (Å²) < 4.78 is 12.6. The number of amides is 1. The van der Waals surface area contributed by atoms with Crippen molar-refractivity contribution >= 4 is 48.0 Å². The molecule has 0 saturated carbocycles. The summed E-state index contributed by atoms with van der Waals surface area (Å²) in [6.07, 6.45) is 3.11. The fraction of sp³-hybridized carbons (Fsp3) is 0.476. The Morgan fingerprint density at radius 3 is 2.39 bits per heavy atom. The van der Waals surface area contributed by atoms with Gasteiger partial charge < -0.3 is 29.9 Å². The second-order valence-corrected chi connectivity index (χ2v) is 10.4. The molecule has 10 nitrogen and oxygen atoms in total. The maximum Gasteiger partial charge on any atom is 0.327 e. The number of carbonyl (C=O) groups excluding carboxylic acids is 1. The third kappa shape index (κ3) is 8.19. The summed E-state index contributed by atoms with van der Waals surface area (Å²) in [6, 6.07) is 5.24. The van der Waals surface area contributed by atoms with Crippen LogP contribution in [0.3, 0.4) is 0 Å². The van der Waals surface area contributed by atoms with Gasteiger partial charge in [-0.15, -0.1) is 11.8 Å². The molecule has 182 valence electrons. The topological polar surface area (TPSA) is 166 Å². The molecule has 1 amide bonds. The summed E-state index contributed by atoms with van der Waals surface area (Å²) in [5.74, 6) is -2.60. The van der Waals surface area contributed by atoms with E-state index < -0.39 is 31.6 Å². The predicted molar refractivity (Wildman–Crippen MR) is 125 cm³/mol. The maximum atomic E-state index is 12.1. The summed E-state index contributed by atoms with van der Waals surface area (Å²) in [6.45, 7) is 1.62. The zero-order chi connectivity index (χ0) is 24.6. The molecule has 0 saturated heterocycles. The van der Waals surface area contributed by atoms with E-state index in [1.54, 1.807) is 17.7 Å². The van der Waals surface area contributed by atoms with Gasteiger partial charge in [0.1, 0.15) is 12.1 Å². The Labute approximate surface area is 195 Å². The number of fused-ring (bicyclic) bond motifs is 1. The van der Waals surface area contributed by atoms with Gasteiger partial charge in [-0.05, 0) is 12.8 Å². The number of aromatic nitrogens is 1. The molecule has 12 heteroatoms. The molecule has 2 rings (SSSR count). The molecule has 0 fully saturated rings. The molecule has 2 aromatic rings. The predicted octanol–water partition coefficient (Wildman–Crippen LogP) is 3.08. The molecule has 2 atom stereocenters. The molecule has 0 aliphatic heterocycles. The highest BCUT2D eigenvalue weighted by Gasteiger charge is 2.26. The zero-order valence-electron chi connectivity index (χ0n) is 18.2. The molecule has 1 aromatic heterocycles. The van der Waals surface area contributed by atoms with E-state index in [9.17, 15) is 29.2 Å². The number of aliphatic carboxylic acids is 2. The van der Waals surface area contributed by atoms with Gasteiger partial charge in [-0.25, -0.2) is 9.59 Å². The van der Waals surface area contributed by atoms with Crippen LogP contribution < -0.4 is 5.32 Å². The van der Waals surface area contributed by atoms with Crippen LogP contribution >= 0.6 is 19.4 Å². The average Bonchev–Trinajstić information content (AvgIpc) is 3.10. The van der Waals surface area contributed by atoms with Crippen molar-refractivity contribution in [1.29, 1.82) is 0 Å². The van der Waals surface area contributed by atoms with Gasteiger partial charge in [0.25, 0.3) is 0 Å². The van der Waals surface area contributed by atoms with E-state index in [1.807, 2.05) is 24.3 Å². The van der Waals surface area contributed by atoms with Crippen LogP contribution in [0.25, 0.3) is 10.8 Å². The molecule has 0 spiro atoms. The molecule has 33 heavy (non-hydrogen) atoms. The molecular formula is C21H29N2O8PS. The highest BCUT2D eigenvalue weighted by molar-refractivity contribution is 7.99. The Morgan fingerprint density at radius 2 is 1.79 bits per heavy atom. The molecular weight excluding hydrogens is 471 g/mol. The number of carboxylic acids is 2. The fourth-order valence-corrected chi connectivity index (χ4v) is 5.24. The summed E-state index contributed by atoms with van der Waals surface area (Å²) >= 11 is 1.17. The second kappa shape index (κ2) is 12.2. The largest absolute Gasteiger partial charge is 0.480 e. The van der Waals surface area contributed by atoms with E-state index in [4.69, 9.17) is 9.79 Å². The SMILES string of the molecule is CCC(=O)N[C@@H](CSc1c2ccccc2cn1C(CCCCCP(=O)(O)O)C(=O)O)C(=O)O. The minimum Gasteiger partial charge on any atom is -0.480 e. The van der Waals surface area contributed by atoms with E-state index in [-0.39, 0.29) is 30.7 Å². The van der Waals surface area contributed by atoms with Gasteiger partial charge in [-0.1, -0.05) is 44.0 Å². The van der Waals surface area contributed by atoms with Crippen molar-refractivity contribution in [1.82, 2.24) is 9.88 Å². The molecule has 1 aromatic carbocycles. The maximum absolute atomic E-state index is 12.1. The molecule has 0 bridgehead atoms. The third-order valence-corrected chi connectivity index (χ3v) is 7.20. The zero-order valence-corrected chi connectivity index (χ0v) is 19.9. The van der Waals surface area contributed by atoms with Crippen molar-refractivity contribution in [3.8, 4) is 0 Å². The molecule has 1 unspecified atom stereocenters. The lowest BCUT2D eigenvalue weighted by atomic mass is 10.1. The average molecular weight is 501 g/mol. The molecule has 0 radical (unpaired) electrons. The van der Waals surface area contributed by atoms with Crippen molar-refractivity contribution in [3.63, 3.8) is 0 Å². The minimum atomic E-state index is -4.08. The Bertz CT molecular complexity index is 1030. The van der Waals surface area contributed by atoms with Crippen LogP contribution in [0.15, 0.2) is 35.5 Å². The third-order valence-electron chi connectivity index (χ3n) is 5.09. The van der Waals surface area contributed by atoms with Gasteiger partial charge >= 0.3 is 19.5 Å². The Balaban J connectivity index is 2.24. The number of nitrogens with zero attached hydrogens (tertiary/aromatic N) is 1. The first-order valence-corrected chi connectivity index (χ1v) is 13.3. The number of hydrogen-bond acceptors (Lipinski definition) is 5. The lowest BCUT2D eigenvalue weighted by molar-refractivity contribution is -0.141. The van der Waals surface area contributed by atoms with E-state index in [1.165, 1.54) is 11.8 Å². The Kier molecular flexibility index (Phi) is 9.97. The number of carbonyl (C=O) groups is 3. The smallest absolute Gasteiger partial charge is 0.327 e. The number of thioether (sulfide) groups is 1. The van der Waals surface area contributed by atoms with E-state index in [0.717, 1.165) is 10.8 Å². The summed E-state index contributed by atoms with van der Waals surface area (Å²) in [5, 5.41) is 24.0. The van der Waals surface area contributed by atoms with Crippen molar-refractivity contribution in [2.75, 3.05) is 11.9 Å². The van der Waals surface area contributed by atoms with Gasteiger partial charge in [-0.3, -0.25) is 9.36 Å². The number of rotatable bonds is 14. The quantitative estimate of drug-likeness (QED) is 0.149. The van der Waals surface area contributed by atoms with Gasteiger partial charge in [-0.2, -0.15) is 0 Å². The van der Waals surface area contributed by atoms with Crippen LogP contribution in [-0.4, -0.2) is 60.4 Å². The fourth-order valence-electron chi connectivity index (χ4n) is 3.38. The molecule has 0 aliphatic carbocycles. The number of nitrogens with one attached hydrogen (secondary N) is 1. The summed E-state index contributed by atoms with van der Waals surface area (Å²) in [4.78, 5) is 53.3. The highest BCUT2D eigenvalue weighted by Crippen LogP contribution is 2.37. The van der Waals surface area contributed by atoms with E-state index in [2.05, 4.69) is 5.32 Å². The van der Waals surface area contributed by atoms with Gasteiger partial charge in [0.2, 0.25) is 5.91 Å². The minimum absolute atomic E-state index is 0.0176. The Hall–Kier alpha value is -2.33. The lowest BCUT2D eigenvalue weighted by Gasteiger charge is -2.19. The van der Waals surface area contributed by atoms with Crippen LogP contribution in [0.4, 0.5) is 0 Å². The number of carboxylic acid groups (broad SMARTS) is 2. The molecule has 1 heterocycles. The monoisotopic (exact) mass is 500 g/mol. The highest BCUT2D eigenvalue weighted by atomic mass is 32.2. The van der Waals surface area contributed by atoms with Crippen LogP contribution in [0.2, 0.25) is 0 Å². The number of unbranched alkanes of at least 4 members (excludes halogenated alkanes) is 2. The number of benzene rings is 1. The van der Waals surface area contributed by atoms with Gasteiger partial charge in [0.15, 0.2) is 0 Å². The van der Waals surface area contributed by atoms with Crippen LogP contribution in [0.1, 0.15) is 45.1 Å². The summed E-state index contributed by atoms with van der Waals surface area (Å²) in [7, 11) is -4.08. The van der Waals surface area contributed by atoms with Gasteiger partial charge in [0, 0.05) is 35.3 Å². The van der Waals surface area contributed by atoms with Crippen molar-refractivity contribution in [2.45, 2.75) is 56.1 Å².